The van der Waals surface area contributed by atoms with Gasteiger partial charge in [0, 0.05) is 76.8 Å². The molecule has 0 radical (unpaired) electrons. The molecule has 2 fully saturated rings. The monoisotopic (exact) mass is 700 g/mol. The molecule has 49 heavy (non-hydrogen) atoms. The van der Waals surface area contributed by atoms with Crippen LogP contribution in [0.25, 0.3) is 21.8 Å². The van der Waals surface area contributed by atoms with Crippen LogP contribution >= 0.6 is 12.4 Å². The Morgan fingerprint density at radius 3 is 1.24 bits per heavy atom. The molecular formula is C36H35ClF6N6. The van der Waals surface area contributed by atoms with Crippen LogP contribution in [-0.4, -0.2) is 72.1 Å². The fraction of sp³-hybridized carbons (Fsp3) is 0.333. The van der Waals surface area contributed by atoms with Crippen molar-refractivity contribution in [3.63, 3.8) is 0 Å². The second kappa shape index (κ2) is 14.0. The van der Waals surface area contributed by atoms with Crippen molar-refractivity contribution in [2.24, 2.45) is 0 Å². The van der Waals surface area contributed by atoms with Gasteiger partial charge in [-0.05, 0) is 59.3 Å². The molecule has 0 unspecified atom stereocenters. The Hall–Kier alpha value is -4.13. The van der Waals surface area contributed by atoms with Gasteiger partial charge in [0.1, 0.15) is 0 Å². The lowest BCUT2D eigenvalue weighted by Crippen LogP contribution is -2.47. The number of rotatable bonds is 6. The first-order valence-electron chi connectivity index (χ1n) is 16.0. The van der Waals surface area contributed by atoms with Gasteiger partial charge in [-0.25, -0.2) is 9.97 Å². The van der Waals surface area contributed by atoms with E-state index in [1.807, 2.05) is 46.2 Å². The van der Waals surface area contributed by atoms with Crippen LogP contribution in [0.1, 0.15) is 22.5 Å². The predicted octanol–water partition coefficient (Wildman–Crippen LogP) is 7.89. The molecule has 0 saturated carbocycles. The summed E-state index contributed by atoms with van der Waals surface area (Å²) in [5, 5.41) is 2.14. The molecule has 5 aromatic rings. The molecule has 4 aromatic carbocycles. The standard InChI is InChI=1S/C36H34F6N6.ClH/c37-35(38,39)27-7-3-9-29(21-27)47-15-11-45(12-16-47)23-33-34(44-32-20-26-6-2-1-5-25(26)19-31(32)43-33)24-46-13-17-48(18-14-46)30-10-4-8-28(22-30)36(40,41)42;/h1-10,19-22H,11-18,23-24H2;1H. The summed E-state index contributed by atoms with van der Waals surface area (Å²) in [6, 6.07) is 23.1. The SMILES string of the molecule is Cl.FC(F)(F)c1cccc(N2CCN(Cc3nc4cc5ccccc5cc4nc3CN3CCN(c4cccc(C(F)(F)F)c4)CC3)CC2)c1. The second-order valence-electron chi connectivity index (χ2n) is 12.4. The summed E-state index contributed by atoms with van der Waals surface area (Å²) in [5.74, 6) is 0. The Kier molecular flexibility index (Phi) is 9.93. The summed E-state index contributed by atoms with van der Waals surface area (Å²) in [6.07, 6.45) is -8.78. The molecule has 0 amide bonds. The molecule has 0 aliphatic carbocycles. The molecule has 0 N–H and O–H groups in total. The first-order chi connectivity index (χ1) is 23.0. The van der Waals surface area contributed by atoms with Gasteiger partial charge in [-0.3, -0.25) is 9.80 Å². The summed E-state index contributed by atoms with van der Waals surface area (Å²) < 4.78 is 79.9. The molecule has 3 heterocycles. The molecule has 258 valence electrons. The number of hydrogen-bond acceptors (Lipinski definition) is 6. The number of halogens is 7. The van der Waals surface area contributed by atoms with Crippen LogP contribution in [0.4, 0.5) is 37.7 Å². The summed E-state index contributed by atoms with van der Waals surface area (Å²) >= 11 is 0. The van der Waals surface area contributed by atoms with Crippen molar-refractivity contribution in [3.05, 3.63) is 107 Å². The van der Waals surface area contributed by atoms with Crippen molar-refractivity contribution in [1.29, 1.82) is 0 Å². The zero-order chi connectivity index (χ0) is 33.5. The zero-order valence-electron chi connectivity index (χ0n) is 26.5. The summed E-state index contributed by atoms with van der Waals surface area (Å²) in [4.78, 5) is 18.7. The average Bonchev–Trinajstić information content (AvgIpc) is 3.08. The van der Waals surface area contributed by atoms with Gasteiger partial charge in [-0.1, -0.05) is 36.4 Å². The van der Waals surface area contributed by atoms with Gasteiger partial charge in [0.25, 0.3) is 0 Å². The molecule has 0 bridgehead atoms. The van der Waals surface area contributed by atoms with Crippen LogP contribution < -0.4 is 9.80 Å². The molecule has 13 heteroatoms. The lowest BCUT2D eigenvalue weighted by molar-refractivity contribution is -0.138. The van der Waals surface area contributed by atoms with E-state index < -0.39 is 23.5 Å². The number of benzene rings is 4. The Morgan fingerprint density at radius 2 is 0.878 bits per heavy atom. The van der Waals surface area contributed by atoms with E-state index in [0.29, 0.717) is 76.8 Å². The highest BCUT2D eigenvalue weighted by Gasteiger charge is 2.32. The molecule has 2 aliphatic heterocycles. The van der Waals surface area contributed by atoms with E-state index in [0.717, 1.165) is 45.3 Å². The highest BCUT2D eigenvalue weighted by Crippen LogP contribution is 2.33. The maximum Gasteiger partial charge on any atom is 0.416 e. The lowest BCUT2D eigenvalue weighted by atomic mass is 10.1. The van der Waals surface area contributed by atoms with Crippen molar-refractivity contribution >= 4 is 45.6 Å². The van der Waals surface area contributed by atoms with E-state index in [1.54, 1.807) is 12.1 Å². The van der Waals surface area contributed by atoms with Crippen molar-refractivity contribution in [3.8, 4) is 0 Å². The molecule has 7 rings (SSSR count). The van der Waals surface area contributed by atoms with E-state index in [9.17, 15) is 26.3 Å². The van der Waals surface area contributed by atoms with Gasteiger partial charge < -0.3 is 9.80 Å². The number of hydrogen-bond donors (Lipinski definition) is 0. The topological polar surface area (TPSA) is 38.7 Å². The van der Waals surface area contributed by atoms with Gasteiger partial charge >= 0.3 is 12.4 Å². The van der Waals surface area contributed by atoms with Gasteiger partial charge in [-0.2, -0.15) is 26.3 Å². The zero-order valence-corrected chi connectivity index (χ0v) is 27.3. The van der Waals surface area contributed by atoms with Crippen molar-refractivity contribution in [1.82, 2.24) is 19.8 Å². The van der Waals surface area contributed by atoms with Crippen molar-refractivity contribution in [2.45, 2.75) is 25.4 Å². The predicted molar refractivity (Wildman–Crippen MR) is 182 cm³/mol. The third kappa shape index (κ3) is 7.87. The van der Waals surface area contributed by atoms with E-state index in [-0.39, 0.29) is 12.4 Å². The second-order valence-corrected chi connectivity index (χ2v) is 12.4. The smallest absolute Gasteiger partial charge is 0.369 e. The van der Waals surface area contributed by atoms with Crippen molar-refractivity contribution in [2.75, 3.05) is 62.2 Å². The number of fused-ring (bicyclic) bond motifs is 2. The maximum absolute atomic E-state index is 13.3. The van der Waals surface area contributed by atoms with E-state index >= 15 is 0 Å². The number of alkyl halides is 6. The Morgan fingerprint density at radius 1 is 0.490 bits per heavy atom. The molecule has 0 spiro atoms. The molecule has 0 atom stereocenters. The van der Waals surface area contributed by atoms with Gasteiger partial charge in [0.05, 0.1) is 33.5 Å². The number of anilines is 2. The first-order valence-corrected chi connectivity index (χ1v) is 16.0. The largest absolute Gasteiger partial charge is 0.416 e. The molecule has 6 nitrogen and oxygen atoms in total. The van der Waals surface area contributed by atoms with E-state index in [2.05, 4.69) is 9.80 Å². The molecule has 2 aliphatic rings. The third-order valence-electron chi connectivity index (χ3n) is 9.26. The van der Waals surface area contributed by atoms with E-state index in [4.69, 9.17) is 9.97 Å². The van der Waals surface area contributed by atoms with E-state index in [1.165, 1.54) is 24.3 Å². The van der Waals surface area contributed by atoms with Crippen LogP contribution in [0.15, 0.2) is 84.9 Å². The number of nitrogens with zero attached hydrogens (tertiary/aromatic N) is 6. The minimum absolute atomic E-state index is 0. The fourth-order valence-electron chi connectivity index (χ4n) is 6.58. The normalized spacial score (nSPS) is 16.7. The van der Waals surface area contributed by atoms with Crippen LogP contribution in [-0.2, 0) is 25.4 Å². The van der Waals surface area contributed by atoms with Crippen molar-refractivity contribution < 1.29 is 26.3 Å². The van der Waals surface area contributed by atoms with Gasteiger partial charge in [0.2, 0.25) is 0 Å². The van der Waals surface area contributed by atoms with Gasteiger partial charge in [-0.15, -0.1) is 12.4 Å². The quantitative estimate of drug-likeness (QED) is 0.133. The average molecular weight is 701 g/mol. The molecule has 2 saturated heterocycles. The fourth-order valence-corrected chi connectivity index (χ4v) is 6.58. The number of piperazine rings is 2. The lowest BCUT2D eigenvalue weighted by Gasteiger charge is -2.37. The highest BCUT2D eigenvalue weighted by atomic mass is 35.5. The van der Waals surface area contributed by atoms with Crippen LogP contribution in [0.2, 0.25) is 0 Å². The van der Waals surface area contributed by atoms with Crippen LogP contribution in [0.5, 0.6) is 0 Å². The van der Waals surface area contributed by atoms with Crippen LogP contribution in [0.3, 0.4) is 0 Å². The van der Waals surface area contributed by atoms with Gasteiger partial charge in [0.15, 0.2) is 0 Å². The first kappa shape index (κ1) is 34.7. The number of aromatic nitrogens is 2. The minimum Gasteiger partial charge on any atom is -0.369 e. The molecule has 1 aromatic heterocycles. The Labute approximate surface area is 286 Å². The minimum atomic E-state index is -4.39. The maximum atomic E-state index is 13.3. The Bertz CT molecular complexity index is 1780. The molecular weight excluding hydrogens is 666 g/mol. The Balaban J connectivity index is 0.00000417. The van der Waals surface area contributed by atoms with Crippen LogP contribution in [0, 0.1) is 0 Å². The summed E-state index contributed by atoms with van der Waals surface area (Å²) in [5.41, 5.74) is 3.12. The summed E-state index contributed by atoms with van der Waals surface area (Å²) in [6.45, 7) is 6.05. The third-order valence-corrected chi connectivity index (χ3v) is 9.26. The summed E-state index contributed by atoms with van der Waals surface area (Å²) in [7, 11) is 0. The highest BCUT2D eigenvalue weighted by molar-refractivity contribution is 5.94.